The van der Waals surface area contributed by atoms with E-state index in [1.807, 2.05) is 24.2 Å². The lowest BCUT2D eigenvalue weighted by Crippen LogP contribution is -2.30. The maximum Gasteiger partial charge on any atom is 0.250 e. The predicted octanol–water partition coefficient (Wildman–Crippen LogP) is 2.70. The highest BCUT2D eigenvalue weighted by Crippen LogP contribution is 2.40. The molecule has 0 atom stereocenters. The molecule has 0 saturated carbocycles. The maximum absolute atomic E-state index is 13.1. The number of benzene rings is 1. The lowest BCUT2D eigenvalue weighted by molar-refractivity contribution is 0.405. The summed E-state index contributed by atoms with van der Waals surface area (Å²) >= 11 is 0. The van der Waals surface area contributed by atoms with Gasteiger partial charge >= 0.3 is 0 Å². The van der Waals surface area contributed by atoms with E-state index in [1.165, 1.54) is 23.9 Å². The van der Waals surface area contributed by atoms with Crippen LogP contribution in [0.1, 0.15) is 6.92 Å². The van der Waals surface area contributed by atoms with E-state index in [0.717, 1.165) is 4.31 Å². The third-order valence-electron chi connectivity index (χ3n) is 4.48. The summed E-state index contributed by atoms with van der Waals surface area (Å²) < 4.78 is 35.8. The monoisotopic (exact) mass is 480 g/mol. The van der Waals surface area contributed by atoms with Crippen molar-refractivity contribution in [1.82, 2.24) is 24.5 Å². The minimum atomic E-state index is -3.77. The Balaban J connectivity index is 2.38. The summed E-state index contributed by atoms with van der Waals surface area (Å²) in [5, 5.41) is 25.4. The Morgan fingerprint density at radius 3 is 2.47 bits per heavy atom. The van der Waals surface area contributed by atoms with Crippen LogP contribution < -0.4 is 9.04 Å². The smallest absolute Gasteiger partial charge is 0.250 e. The van der Waals surface area contributed by atoms with Crippen LogP contribution in [-0.2, 0) is 17.1 Å². The van der Waals surface area contributed by atoms with Gasteiger partial charge in [-0.15, -0.1) is 10.2 Å². The van der Waals surface area contributed by atoms with Gasteiger partial charge in [0.1, 0.15) is 22.9 Å². The zero-order chi connectivity index (χ0) is 23.7. The molecule has 0 bridgehead atoms. The summed E-state index contributed by atoms with van der Waals surface area (Å²) in [4.78, 5) is 0. The molecule has 0 aliphatic heterocycles. The van der Waals surface area contributed by atoms with Gasteiger partial charge < -0.3 is 9.84 Å². The number of para-hydroxylation sites is 1. The van der Waals surface area contributed by atoms with Crippen LogP contribution in [-0.4, -0.2) is 69.7 Å². The molecule has 12 heteroatoms. The van der Waals surface area contributed by atoms with E-state index < -0.39 is 20.1 Å². The molecule has 3 aromatic rings. The molecule has 32 heavy (non-hydrogen) atoms. The molecule has 0 amide bonds. The van der Waals surface area contributed by atoms with Gasteiger partial charge in [-0.1, -0.05) is 6.07 Å². The fourth-order valence-electron chi connectivity index (χ4n) is 2.89. The second-order valence-corrected chi connectivity index (χ2v) is 14.0. The zero-order valence-corrected chi connectivity index (χ0v) is 20.6. The molecule has 0 aliphatic carbocycles. The summed E-state index contributed by atoms with van der Waals surface area (Å²) in [6.07, 6.45) is 9.35. The summed E-state index contributed by atoms with van der Waals surface area (Å²) in [7, 11) is -1.72. The zero-order valence-electron chi connectivity index (χ0n) is 18.9. The van der Waals surface area contributed by atoms with Crippen molar-refractivity contribution >= 4 is 26.0 Å². The van der Waals surface area contributed by atoms with E-state index >= 15 is 0 Å². The van der Waals surface area contributed by atoms with Crippen molar-refractivity contribution in [3.63, 3.8) is 0 Å². The van der Waals surface area contributed by atoms with Gasteiger partial charge in [-0.3, -0.25) is 9.25 Å². The van der Waals surface area contributed by atoms with Crippen LogP contribution in [0.15, 0.2) is 42.1 Å². The van der Waals surface area contributed by atoms with E-state index in [9.17, 15) is 13.5 Å². The van der Waals surface area contributed by atoms with Crippen molar-refractivity contribution in [2.75, 3.05) is 35.9 Å². The average molecular weight is 481 g/mol. The number of aryl methyl sites for hydroxylation is 1. The molecule has 1 aromatic carbocycles. The summed E-state index contributed by atoms with van der Waals surface area (Å²) in [5.74, 6) is 0.297. The normalized spacial score (nSPS) is 12.9. The van der Waals surface area contributed by atoms with Crippen LogP contribution in [0.2, 0.25) is 0 Å². The van der Waals surface area contributed by atoms with Crippen LogP contribution in [0, 0.1) is 0 Å². The molecule has 3 rings (SSSR count). The topological polar surface area (TPSA) is 115 Å². The molecule has 0 fully saturated rings. The summed E-state index contributed by atoms with van der Waals surface area (Å²) in [6, 6.07) is 6.50. The average Bonchev–Trinajstić information content (AvgIpc) is 3.33. The van der Waals surface area contributed by atoms with Gasteiger partial charge in [0.2, 0.25) is 16.0 Å². The van der Waals surface area contributed by atoms with Crippen LogP contribution in [0.5, 0.6) is 11.5 Å². The largest absolute Gasteiger partial charge is 0.506 e. The van der Waals surface area contributed by atoms with Crippen LogP contribution >= 0.6 is 10.0 Å². The minimum absolute atomic E-state index is 0.00722. The molecule has 0 unspecified atom stereocenters. The first-order chi connectivity index (χ1) is 15.0. The van der Waals surface area contributed by atoms with Gasteiger partial charge in [-0.2, -0.15) is 5.10 Å². The molecule has 0 aliphatic rings. The molecular weight excluding hydrogens is 452 g/mol. The van der Waals surface area contributed by atoms with Gasteiger partial charge in [0.05, 0.1) is 12.9 Å². The molecule has 2 aromatic heterocycles. The maximum atomic E-state index is 13.1. The van der Waals surface area contributed by atoms with E-state index in [2.05, 4.69) is 15.3 Å². The number of anilines is 1. The van der Waals surface area contributed by atoms with Crippen molar-refractivity contribution in [3.8, 4) is 28.7 Å². The molecule has 0 radical (unpaired) electrons. The van der Waals surface area contributed by atoms with E-state index in [1.54, 1.807) is 43.0 Å². The number of phenols is 1. The van der Waals surface area contributed by atoms with Crippen molar-refractivity contribution in [1.29, 1.82) is 0 Å². The van der Waals surface area contributed by atoms with Crippen molar-refractivity contribution in [3.05, 3.63) is 42.1 Å². The lowest BCUT2D eigenvalue weighted by atomic mass is 10.2. The fraction of sp³-hybridized carbons (Fsp3) is 0.350. The lowest BCUT2D eigenvalue weighted by Gasteiger charge is -2.24. The number of phenolic OH excluding ortho intramolecular Hbond substituents is 1. The van der Waals surface area contributed by atoms with E-state index in [-0.39, 0.29) is 29.0 Å². The molecule has 174 valence electrons. The van der Waals surface area contributed by atoms with Crippen molar-refractivity contribution in [2.24, 2.45) is 7.05 Å². The highest BCUT2D eigenvalue weighted by atomic mass is 32.3. The standard InChI is InChI=1S/C20H28N6O4S2/c1-7-32(28,29)25(13-14-31(4,5)6)20-22-21-19(15-11-12-24(2)23-15)26(20)18-16(27)9-8-10-17(18)30-3/h8-14,27H,7H2,1-6H3/b14-13+. The Hall–Kier alpha value is -2.99. The van der Waals surface area contributed by atoms with E-state index in [0.29, 0.717) is 11.4 Å². The van der Waals surface area contributed by atoms with Gasteiger partial charge in [0.15, 0.2) is 5.82 Å². The van der Waals surface area contributed by atoms with Crippen molar-refractivity contribution in [2.45, 2.75) is 6.92 Å². The highest BCUT2D eigenvalue weighted by molar-refractivity contribution is 8.34. The Morgan fingerprint density at radius 1 is 1.19 bits per heavy atom. The molecule has 0 saturated heterocycles. The fourth-order valence-corrected chi connectivity index (χ4v) is 4.34. The molecule has 1 N–H and O–H groups in total. The number of hydrogen-bond donors (Lipinski definition) is 1. The van der Waals surface area contributed by atoms with Gasteiger partial charge in [-0.05, 0) is 49.3 Å². The Bertz CT molecular complexity index is 1240. The number of sulfonamides is 1. The number of aromatic nitrogens is 5. The van der Waals surface area contributed by atoms with Gasteiger partial charge in [-0.25, -0.2) is 22.8 Å². The first-order valence-corrected chi connectivity index (χ1v) is 14.2. The number of hydrogen-bond acceptors (Lipinski definition) is 7. The molecule has 0 spiro atoms. The van der Waals surface area contributed by atoms with E-state index in [4.69, 9.17) is 4.74 Å². The Morgan fingerprint density at radius 2 is 1.91 bits per heavy atom. The minimum Gasteiger partial charge on any atom is -0.506 e. The van der Waals surface area contributed by atoms with Gasteiger partial charge in [0, 0.05) is 19.4 Å². The number of ether oxygens (including phenoxy) is 1. The highest BCUT2D eigenvalue weighted by Gasteiger charge is 2.30. The quantitative estimate of drug-likeness (QED) is 0.527. The van der Waals surface area contributed by atoms with Crippen LogP contribution in [0.4, 0.5) is 5.95 Å². The first kappa shape index (κ1) is 23.7. The predicted molar refractivity (Wildman–Crippen MR) is 128 cm³/mol. The third kappa shape index (κ3) is 4.75. The molecule has 10 nitrogen and oxygen atoms in total. The number of nitrogens with zero attached hydrogens (tertiary/aromatic N) is 6. The third-order valence-corrected chi connectivity index (χ3v) is 7.03. The summed E-state index contributed by atoms with van der Waals surface area (Å²) in [5.41, 5.74) is 0.666. The summed E-state index contributed by atoms with van der Waals surface area (Å²) in [6.45, 7) is 1.56. The van der Waals surface area contributed by atoms with Gasteiger partial charge in [0.25, 0.3) is 0 Å². The van der Waals surface area contributed by atoms with Crippen LogP contribution in [0.25, 0.3) is 17.2 Å². The van der Waals surface area contributed by atoms with Crippen LogP contribution in [0.3, 0.4) is 0 Å². The Labute approximate surface area is 189 Å². The number of aromatic hydroxyl groups is 1. The Kier molecular flexibility index (Phi) is 6.56. The molecular formula is C20H28N6O4S2. The second kappa shape index (κ2) is 8.87. The number of methoxy groups -OCH3 is 1. The van der Waals surface area contributed by atoms with Crippen molar-refractivity contribution < 1.29 is 18.3 Å². The number of rotatable bonds is 8. The molecule has 2 heterocycles. The first-order valence-electron chi connectivity index (χ1n) is 9.69. The SMILES string of the molecule is CCS(=O)(=O)N(/C=C/S(C)(C)C)c1nnc(-c2ccn(C)n2)n1-c1c(O)cccc1OC. The second-order valence-electron chi connectivity index (χ2n) is 7.78.